The maximum atomic E-state index is 12.6. The first-order chi connectivity index (χ1) is 10.5. The zero-order valence-electron chi connectivity index (χ0n) is 11.8. The second-order valence-corrected chi connectivity index (χ2v) is 5.60. The Bertz CT molecular complexity index is 649. The highest BCUT2D eigenvalue weighted by atomic mass is 19.4. The Balaban J connectivity index is 1.78. The van der Waals surface area contributed by atoms with Crippen LogP contribution in [0.3, 0.4) is 0 Å². The number of nitrogens with zero attached hydrogens (tertiary/aromatic N) is 3. The van der Waals surface area contributed by atoms with E-state index >= 15 is 0 Å². The van der Waals surface area contributed by atoms with Crippen LogP contribution < -0.4 is 0 Å². The van der Waals surface area contributed by atoms with Gasteiger partial charge in [0.2, 0.25) is 0 Å². The summed E-state index contributed by atoms with van der Waals surface area (Å²) in [5.41, 5.74) is 0.106. The number of benzene rings is 1. The summed E-state index contributed by atoms with van der Waals surface area (Å²) in [6, 6.07) is 5.10. The maximum Gasteiger partial charge on any atom is 0.416 e. The van der Waals surface area contributed by atoms with Crippen molar-refractivity contribution in [1.29, 1.82) is 0 Å². The molecule has 2 heterocycles. The van der Waals surface area contributed by atoms with Gasteiger partial charge in [-0.05, 0) is 24.1 Å². The van der Waals surface area contributed by atoms with Crippen molar-refractivity contribution in [2.24, 2.45) is 5.92 Å². The number of hydrogen-bond donors (Lipinski definition) is 1. The fourth-order valence-electron chi connectivity index (χ4n) is 2.72. The van der Waals surface area contributed by atoms with Crippen LogP contribution in [0.4, 0.5) is 13.2 Å². The van der Waals surface area contributed by atoms with Gasteiger partial charge < -0.3 is 9.67 Å². The molecule has 0 fully saturated rings. The highest BCUT2D eigenvalue weighted by Crippen LogP contribution is 2.29. The molecule has 0 amide bonds. The molecule has 0 spiro atoms. The Morgan fingerprint density at radius 3 is 2.55 bits per heavy atom. The standard InChI is InChI=1S/C15H16F3N3O/c16-15(17,18)12-4-1-10(2-5-12)7-14-20-19-13-6-3-11(9-22)8-21(13)14/h1-2,4-5,11,22H,3,6-9H2. The van der Waals surface area contributed by atoms with Crippen LogP contribution in [0.2, 0.25) is 0 Å². The fourth-order valence-corrected chi connectivity index (χ4v) is 2.72. The smallest absolute Gasteiger partial charge is 0.396 e. The van der Waals surface area contributed by atoms with Gasteiger partial charge in [0, 0.05) is 31.9 Å². The topological polar surface area (TPSA) is 50.9 Å². The Hall–Kier alpha value is -1.89. The van der Waals surface area contributed by atoms with E-state index in [0.717, 1.165) is 42.2 Å². The summed E-state index contributed by atoms with van der Waals surface area (Å²) in [6.07, 6.45) is -2.23. The molecule has 1 atom stereocenters. The lowest BCUT2D eigenvalue weighted by Gasteiger charge is -2.22. The number of aromatic nitrogens is 3. The van der Waals surface area contributed by atoms with Crippen LogP contribution in [-0.2, 0) is 25.6 Å². The van der Waals surface area contributed by atoms with Crippen LogP contribution in [0.25, 0.3) is 0 Å². The van der Waals surface area contributed by atoms with Crippen molar-refractivity contribution in [2.45, 2.75) is 32.0 Å². The Kier molecular flexibility index (Phi) is 3.90. The molecule has 1 unspecified atom stereocenters. The molecular weight excluding hydrogens is 295 g/mol. The molecule has 0 bridgehead atoms. The van der Waals surface area contributed by atoms with Crippen molar-refractivity contribution in [1.82, 2.24) is 14.8 Å². The zero-order valence-corrected chi connectivity index (χ0v) is 11.8. The number of hydrogen-bond acceptors (Lipinski definition) is 3. The van der Waals surface area contributed by atoms with E-state index in [1.807, 2.05) is 4.57 Å². The van der Waals surface area contributed by atoms with Crippen molar-refractivity contribution >= 4 is 0 Å². The molecule has 118 valence electrons. The molecule has 1 aliphatic heterocycles. The highest BCUT2D eigenvalue weighted by molar-refractivity contribution is 5.26. The third-order valence-electron chi connectivity index (χ3n) is 4.02. The van der Waals surface area contributed by atoms with E-state index in [0.29, 0.717) is 13.0 Å². The molecule has 1 aromatic heterocycles. The number of aryl methyl sites for hydroxylation is 1. The lowest BCUT2D eigenvalue weighted by atomic mass is 10.00. The number of alkyl halides is 3. The molecule has 1 aliphatic rings. The van der Waals surface area contributed by atoms with Crippen molar-refractivity contribution in [3.05, 3.63) is 47.0 Å². The van der Waals surface area contributed by atoms with E-state index in [1.54, 1.807) is 0 Å². The average Bonchev–Trinajstić information content (AvgIpc) is 2.89. The van der Waals surface area contributed by atoms with Gasteiger partial charge in [0.05, 0.1) is 5.56 Å². The van der Waals surface area contributed by atoms with E-state index in [-0.39, 0.29) is 12.5 Å². The Morgan fingerprint density at radius 1 is 1.18 bits per heavy atom. The van der Waals surface area contributed by atoms with Crippen LogP contribution in [-0.4, -0.2) is 26.5 Å². The van der Waals surface area contributed by atoms with Crippen LogP contribution in [0.15, 0.2) is 24.3 Å². The third kappa shape index (κ3) is 2.99. The number of aliphatic hydroxyl groups is 1. The van der Waals surface area contributed by atoms with Gasteiger partial charge >= 0.3 is 6.18 Å². The zero-order chi connectivity index (χ0) is 15.7. The van der Waals surface area contributed by atoms with Gasteiger partial charge in [0.1, 0.15) is 11.6 Å². The van der Waals surface area contributed by atoms with Crippen LogP contribution in [0.1, 0.15) is 29.2 Å². The van der Waals surface area contributed by atoms with E-state index in [2.05, 4.69) is 10.2 Å². The van der Waals surface area contributed by atoms with Gasteiger partial charge in [-0.3, -0.25) is 0 Å². The van der Waals surface area contributed by atoms with E-state index < -0.39 is 11.7 Å². The molecule has 4 nitrogen and oxygen atoms in total. The van der Waals surface area contributed by atoms with E-state index in [4.69, 9.17) is 0 Å². The molecule has 0 saturated heterocycles. The minimum atomic E-state index is -4.32. The van der Waals surface area contributed by atoms with Gasteiger partial charge in [-0.15, -0.1) is 10.2 Å². The summed E-state index contributed by atoms with van der Waals surface area (Å²) in [4.78, 5) is 0. The summed E-state index contributed by atoms with van der Waals surface area (Å²) >= 11 is 0. The first-order valence-electron chi connectivity index (χ1n) is 7.15. The van der Waals surface area contributed by atoms with Crippen molar-refractivity contribution in [3.8, 4) is 0 Å². The molecule has 0 aliphatic carbocycles. The Labute approximate surface area is 125 Å². The average molecular weight is 311 g/mol. The molecule has 3 rings (SSSR count). The second kappa shape index (κ2) is 5.72. The first-order valence-corrected chi connectivity index (χ1v) is 7.15. The van der Waals surface area contributed by atoms with Gasteiger partial charge in [-0.2, -0.15) is 13.2 Å². The third-order valence-corrected chi connectivity index (χ3v) is 4.02. The predicted octanol–water partition coefficient (Wildman–Crippen LogP) is 2.44. The largest absolute Gasteiger partial charge is 0.416 e. The summed E-state index contributed by atoms with van der Waals surface area (Å²) in [7, 11) is 0. The number of aliphatic hydroxyl groups excluding tert-OH is 1. The summed E-state index contributed by atoms with van der Waals surface area (Å²) in [5.74, 6) is 1.80. The van der Waals surface area contributed by atoms with Crippen LogP contribution in [0, 0.1) is 5.92 Å². The maximum absolute atomic E-state index is 12.6. The summed E-state index contributed by atoms with van der Waals surface area (Å²) < 4.78 is 39.6. The molecule has 7 heteroatoms. The van der Waals surface area contributed by atoms with Gasteiger partial charge in [-0.1, -0.05) is 12.1 Å². The van der Waals surface area contributed by atoms with Crippen LogP contribution in [0.5, 0.6) is 0 Å². The molecule has 0 saturated carbocycles. The van der Waals surface area contributed by atoms with Crippen molar-refractivity contribution < 1.29 is 18.3 Å². The Morgan fingerprint density at radius 2 is 1.91 bits per heavy atom. The van der Waals surface area contributed by atoms with E-state index in [9.17, 15) is 18.3 Å². The SMILES string of the molecule is OCC1CCc2nnc(Cc3ccc(C(F)(F)F)cc3)n2C1. The number of rotatable bonds is 3. The summed E-state index contributed by atoms with van der Waals surface area (Å²) in [5, 5.41) is 17.6. The molecule has 2 aromatic rings. The van der Waals surface area contributed by atoms with Crippen LogP contribution >= 0.6 is 0 Å². The predicted molar refractivity (Wildman–Crippen MR) is 73.2 cm³/mol. The normalized spacial score (nSPS) is 18.3. The minimum Gasteiger partial charge on any atom is -0.396 e. The molecular formula is C15H16F3N3O. The molecule has 0 radical (unpaired) electrons. The molecule has 1 aromatic carbocycles. The molecule has 22 heavy (non-hydrogen) atoms. The van der Waals surface area contributed by atoms with Gasteiger partial charge in [-0.25, -0.2) is 0 Å². The van der Waals surface area contributed by atoms with Gasteiger partial charge in [0.15, 0.2) is 0 Å². The van der Waals surface area contributed by atoms with Crippen molar-refractivity contribution in [2.75, 3.05) is 6.61 Å². The summed E-state index contributed by atoms with van der Waals surface area (Å²) in [6.45, 7) is 0.784. The first kappa shape index (κ1) is 15.0. The highest BCUT2D eigenvalue weighted by Gasteiger charge is 2.30. The lowest BCUT2D eigenvalue weighted by molar-refractivity contribution is -0.137. The quantitative estimate of drug-likeness (QED) is 0.947. The number of fused-ring (bicyclic) bond motifs is 1. The van der Waals surface area contributed by atoms with Crippen molar-refractivity contribution in [3.63, 3.8) is 0 Å². The second-order valence-electron chi connectivity index (χ2n) is 5.60. The number of halogens is 3. The van der Waals surface area contributed by atoms with Gasteiger partial charge in [0.25, 0.3) is 0 Å². The minimum absolute atomic E-state index is 0.122. The fraction of sp³-hybridized carbons (Fsp3) is 0.467. The molecule has 1 N–H and O–H groups in total. The van der Waals surface area contributed by atoms with E-state index in [1.165, 1.54) is 12.1 Å². The monoisotopic (exact) mass is 311 g/mol. The lowest BCUT2D eigenvalue weighted by Crippen LogP contribution is -2.24.